The molecule has 0 unspecified atom stereocenters. The van der Waals surface area contributed by atoms with E-state index >= 15 is 0 Å². The van der Waals surface area contributed by atoms with Crippen LogP contribution in [0.2, 0.25) is 0 Å². The Morgan fingerprint density at radius 3 is 2.24 bits per heavy atom. The van der Waals surface area contributed by atoms with Crippen LogP contribution < -0.4 is 9.47 Å². The van der Waals surface area contributed by atoms with Crippen molar-refractivity contribution in [2.75, 3.05) is 20.3 Å². The van der Waals surface area contributed by atoms with Crippen LogP contribution in [-0.2, 0) is 17.6 Å². The van der Waals surface area contributed by atoms with E-state index in [1.807, 2.05) is 18.2 Å². The van der Waals surface area contributed by atoms with Gasteiger partial charge in [-0.2, -0.15) is 0 Å². The molecule has 2 aromatic rings. The van der Waals surface area contributed by atoms with Gasteiger partial charge in [0.2, 0.25) is 0 Å². The van der Waals surface area contributed by atoms with Crippen LogP contribution >= 0.6 is 0 Å². The lowest BCUT2D eigenvalue weighted by Gasteiger charge is -2.30. The number of carboxylic acid groups (broad SMARTS) is 1. The average molecular weight is 469 g/mol. The van der Waals surface area contributed by atoms with Crippen molar-refractivity contribution in [2.45, 2.75) is 64.2 Å². The fourth-order valence-corrected chi connectivity index (χ4v) is 4.77. The molecule has 2 N–H and O–H groups in total. The van der Waals surface area contributed by atoms with Gasteiger partial charge in [-0.05, 0) is 48.6 Å². The van der Waals surface area contributed by atoms with Crippen LogP contribution in [0, 0.1) is 5.41 Å². The van der Waals surface area contributed by atoms with Crippen molar-refractivity contribution in [1.82, 2.24) is 0 Å². The van der Waals surface area contributed by atoms with Gasteiger partial charge >= 0.3 is 5.97 Å². The zero-order chi connectivity index (χ0) is 24.4. The number of Topliss-reactive ketones (excluding diaryl/α,β-unsaturated/α-hetero) is 1. The minimum Gasteiger partial charge on any atom is -0.493 e. The molecule has 6 nitrogen and oxygen atoms in total. The van der Waals surface area contributed by atoms with Crippen LogP contribution in [0.25, 0.3) is 0 Å². The van der Waals surface area contributed by atoms with Crippen LogP contribution in [0.5, 0.6) is 11.5 Å². The Morgan fingerprint density at radius 1 is 0.912 bits per heavy atom. The maximum absolute atomic E-state index is 13.2. The van der Waals surface area contributed by atoms with Crippen molar-refractivity contribution in [3.63, 3.8) is 0 Å². The lowest BCUT2D eigenvalue weighted by molar-refractivity contribution is -0.150. The first-order valence-corrected chi connectivity index (χ1v) is 12.2. The number of benzene rings is 2. The average Bonchev–Trinajstić information content (AvgIpc) is 2.81. The number of methoxy groups -OCH3 is 1. The fraction of sp³-hybridized carbons (Fsp3) is 0.500. The molecule has 3 rings (SSSR count). The maximum Gasteiger partial charge on any atom is 0.310 e. The standard InChI is InChI=1S/C28H36O6/c1-33-25-11-10-23(24(30)20-28(27(31)32)14-5-3-2-4-6-15-28)19-26(25)34-17-13-22-9-7-8-21(18-22)12-16-29/h7-11,18-19,29H,2-6,12-17,20H2,1H3,(H,31,32). The first-order chi connectivity index (χ1) is 16.5. The van der Waals surface area contributed by atoms with Gasteiger partial charge in [0, 0.05) is 25.0 Å². The summed E-state index contributed by atoms with van der Waals surface area (Å²) >= 11 is 0. The molecular formula is C28H36O6. The van der Waals surface area contributed by atoms with Gasteiger partial charge in [-0.3, -0.25) is 9.59 Å². The predicted octanol–water partition coefficient (Wildman–Crippen LogP) is 5.24. The highest BCUT2D eigenvalue weighted by atomic mass is 16.5. The van der Waals surface area contributed by atoms with Crippen molar-refractivity contribution in [2.24, 2.45) is 5.41 Å². The fourth-order valence-electron chi connectivity index (χ4n) is 4.77. The number of carboxylic acids is 1. The minimum absolute atomic E-state index is 0.00571. The monoisotopic (exact) mass is 468 g/mol. The lowest BCUT2D eigenvalue weighted by Crippen LogP contribution is -2.34. The number of hydrogen-bond donors (Lipinski definition) is 2. The largest absolute Gasteiger partial charge is 0.493 e. The van der Waals surface area contributed by atoms with Gasteiger partial charge in [0.15, 0.2) is 17.3 Å². The molecule has 184 valence electrons. The van der Waals surface area contributed by atoms with Crippen molar-refractivity contribution >= 4 is 11.8 Å². The number of aliphatic hydroxyl groups excluding tert-OH is 1. The molecule has 0 aliphatic heterocycles. The van der Waals surface area contributed by atoms with Crippen molar-refractivity contribution < 1.29 is 29.3 Å². The molecule has 1 aliphatic rings. The summed E-state index contributed by atoms with van der Waals surface area (Å²) < 4.78 is 11.4. The molecule has 0 spiro atoms. The summed E-state index contributed by atoms with van der Waals surface area (Å²) in [7, 11) is 1.55. The second kappa shape index (κ2) is 12.6. The summed E-state index contributed by atoms with van der Waals surface area (Å²) in [5.41, 5.74) is 1.64. The highest BCUT2D eigenvalue weighted by Crippen LogP contribution is 2.39. The normalized spacial score (nSPS) is 15.7. The predicted molar refractivity (Wildman–Crippen MR) is 131 cm³/mol. The summed E-state index contributed by atoms with van der Waals surface area (Å²) in [6, 6.07) is 13.1. The molecule has 34 heavy (non-hydrogen) atoms. The Hall–Kier alpha value is -2.86. The van der Waals surface area contributed by atoms with E-state index < -0.39 is 11.4 Å². The number of ether oxygens (including phenoxy) is 2. The van der Waals surface area contributed by atoms with Gasteiger partial charge in [0.05, 0.1) is 19.1 Å². The zero-order valence-electron chi connectivity index (χ0n) is 20.1. The molecule has 1 aliphatic carbocycles. The Morgan fingerprint density at radius 2 is 1.59 bits per heavy atom. The summed E-state index contributed by atoms with van der Waals surface area (Å²) in [5.74, 6) is -0.0327. The number of aliphatic carboxylic acids is 1. The van der Waals surface area contributed by atoms with Crippen molar-refractivity contribution in [1.29, 1.82) is 0 Å². The van der Waals surface area contributed by atoms with Gasteiger partial charge < -0.3 is 19.7 Å². The van der Waals surface area contributed by atoms with E-state index in [1.165, 1.54) is 0 Å². The van der Waals surface area contributed by atoms with Crippen LogP contribution in [0.1, 0.15) is 72.9 Å². The summed E-state index contributed by atoms with van der Waals surface area (Å²) in [5, 5.41) is 19.1. The number of carbonyl (C=O) groups excluding carboxylic acids is 1. The minimum atomic E-state index is -0.988. The van der Waals surface area contributed by atoms with E-state index in [1.54, 1.807) is 25.3 Å². The Labute approximate surface area is 201 Å². The van der Waals surface area contributed by atoms with E-state index in [4.69, 9.17) is 14.6 Å². The van der Waals surface area contributed by atoms with Gasteiger partial charge in [-0.15, -0.1) is 0 Å². The summed E-state index contributed by atoms with van der Waals surface area (Å²) in [4.78, 5) is 25.4. The zero-order valence-corrected chi connectivity index (χ0v) is 20.1. The molecule has 0 radical (unpaired) electrons. The Balaban J connectivity index is 1.70. The highest BCUT2D eigenvalue weighted by Gasteiger charge is 2.40. The van der Waals surface area contributed by atoms with Gasteiger partial charge in [0.25, 0.3) is 0 Å². The SMILES string of the molecule is COc1ccc(C(=O)CC2(C(=O)O)CCCCCCC2)cc1OCCc1cccc(CCO)c1. The van der Waals surface area contributed by atoms with Crippen LogP contribution in [0.4, 0.5) is 0 Å². The number of aliphatic hydroxyl groups is 1. The number of hydrogen-bond acceptors (Lipinski definition) is 5. The quantitative estimate of drug-likeness (QED) is 0.438. The van der Waals surface area contributed by atoms with E-state index in [2.05, 4.69) is 6.07 Å². The Kier molecular flexibility index (Phi) is 9.52. The molecular weight excluding hydrogens is 432 g/mol. The lowest BCUT2D eigenvalue weighted by atomic mass is 9.72. The summed E-state index contributed by atoms with van der Waals surface area (Å²) in [6.45, 7) is 0.511. The molecule has 1 fully saturated rings. The molecule has 0 saturated heterocycles. The Bertz CT molecular complexity index is 959. The maximum atomic E-state index is 13.2. The third kappa shape index (κ3) is 6.83. The topological polar surface area (TPSA) is 93.1 Å². The molecule has 0 heterocycles. The number of ketones is 1. The van der Waals surface area contributed by atoms with E-state index in [0.29, 0.717) is 49.4 Å². The first kappa shape index (κ1) is 25.8. The molecule has 0 aromatic heterocycles. The second-order valence-corrected chi connectivity index (χ2v) is 9.21. The van der Waals surface area contributed by atoms with Crippen LogP contribution in [0.15, 0.2) is 42.5 Å². The van der Waals surface area contributed by atoms with Gasteiger partial charge in [0.1, 0.15) is 0 Å². The van der Waals surface area contributed by atoms with Crippen molar-refractivity contribution in [3.05, 3.63) is 59.2 Å². The van der Waals surface area contributed by atoms with E-state index in [0.717, 1.165) is 43.2 Å². The third-order valence-electron chi connectivity index (χ3n) is 6.79. The first-order valence-electron chi connectivity index (χ1n) is 12.2. The highest BCUT2D eigenvalue weighted by molar-refractivity contribution is 5.99. The summed E-state index contributed by atoms with van der Waals surface area (Å²) in [6.07, 6.45) is 7.24. The third-order valence-corrected chi connectivity index (χ3v) is 6.79. The number of carbonyl (C=O) groups is 2. The van der Waals surface area contributed by atoms with Crippen LogP contribution in [-0.4, -0.2) is 42.3 Å². The van der Waals surface area contributed by atoms with E-state index in [9.17, 15) is 14.7 Å². The number of rotatable bonds is 11. The van der Waals surface area contributed by atoms with Gasteiger partial charge in [-0.1, -0.05) is 56.4 Å². The molecule has 2 aromatic carbocycles. The molecule has 0 atom stereocenters. The molecule has 0 bridgehead atoms. The molecule has 1 saturated carbocycles. The van der Waals surface area contributed by atoms with Gasteiger partial charge in [-0.25, -0.2) is 0 Å². The molecule has 0 amide bonds. The smallest absolute Gasteiger partial charge is 0.310 e. The van der Waals surface area contributed by atoms with Crippen molar-refractivity contribution in [3.8, 4) is 11.5 Å². The molecule has 6 heteroatoms. The van der Waals surface area contributed by atoms with Crippen LogP contribution in [0.3, 0.4) is 0 Å². The van der Waals surface area contributed by atoms with E-state index in [-0.39, 0.29) is 18.8 Å². The second-order valence-electron chi connectivity index (χ2n) is 9.21.